The number of carbonyl (C=O) groups excluding carboxylic acids is 2. The van der Waals surface area contributed by atoms with Crippen LogP contribution < -0.4 is 9.96 Å². The van der Waals surface area contributed by atoms with E-state index in [9.17, 15) is 9.59 Å². The van der Waals surface area contributed by atoms with Gasteiger partial charge in [0.15, 0.2) is 5.75 Å². The van der Waals surface area contributed by atoms with Gasteiger partial charge in [-0.25, -0.2) is 0 Å². The highest BCUT2D eigenvalue weighted by Crippen LogP contribution is 2.26. The fourth-order valence-corrected chi connectivity index (χ4v) is 1.33. The van der Waals surface area contributed by atoms with Crippen molar-refractivity contribution in [1.82, 2.24) is 0 Å². The predicted molar refractivity (Wildman–Crippen MR) is 70.6 cm³/mol. The van der Waals surface area contributed by atoms with Gasteiger partial charge in [-0.05, 0) is 23.8 Å². The molecule has 0 fully saturated rings. The van der Waals surface area contributed by atoms with Crippen molar-refractivity contribution in [3.8, 4) is 5.75 Å². The minimum atomic E-state index is -0.410. The molecule has 1 N–H and O–H groups in total. The van der Waals surface area contributed by atoms with Gasteiger partial charge in [0.1, 0.15) is 6.29 Å². The van der Waals surface area contributed by atoms with Crippen LogP contribution in [0, 0.1) is 0 Å². The van der Waals surface area contributed by atoms with Gasteiger partial charge in [-0.15, -0.1) is 0 Å². The van der Waals surface area contributed by atoms with Crippen LogP contribution in [0.1, 0.15) is 12.5 Å². The minimum absolute atomic E-state index is 0.303. The van der Waals surface area contributed by atoms with Crippen molar-refractivity contribution in [1.29, 1.82) is 0 Å². The second kappa shape index (κ2) is 7.29. The Bertz CT molecular complexity index is 459. The van der Waals surface area contributed by atoms with E-state index < -0.39 is 5.97 Å². The summed E-state index contributed by atoms with van der Waals surface area (Å²) in [5.41, 5.74) is 1.41. The third kappa shape index (κ3) is 4.43. The third-order valence-electron chi connectivity index (χ3n) is 2.03. The zero-order valence-electron chi connectivity index (χ0n) is 10.3. The van der Waals surface area contributed by atoms with Crippen LogP contribution in [0.2, 0.25) is 0 Å². The fourth-order valence-electron chi connectivity index (χ4n) is 1.33. The van der Waals surface area contributed by atoms with Crippen LogP contribution in [-0.4, -0.2) is 27.0 Å². The first-order chi connectivity index (χ1) is 8.67. The van der Waals surface area contributed by atoms with E-state index in [1.807, 2.05) is 0 Å². The van der Waals surface area contributed by atoms with E-state index in [2.05, 4.69) is 5.23 Å². The maximum atomic E-state index is 11.0. The Labute approximate surface area is 106 Å². The molecule has 0 radical (unpaired) electrons. The molecule has 0 amide bonds. The van der Waals surface area contributed by atoms with Crippen LogP contribution in [0.4, 0.5) is 5.69 Å². The average Bonchev–Trinajstić information content (AvgIpc) is 2.34. The molecule has 0 aliphatic rings. The molecule has 6 heteroatoms. The molecule has 0 aliphatic heterocycles. The van der Waals surface area contributed by atoms with Gasteiger partial charge in [0.2, 0.25) is 0 Å². The van der Waals surface area contributed by atoms with Crippen molar-refractivity contribution in [3.63, 3.8) is 0 Å². The number of esters is 1. The molecule has 0 aromatic heterocycles. The standard InChI is InChI=1S/C12H14BNO4/c1-9(16)18-12-8-10(4-3-7-15)5-6-11(12)14-13-17-2/h3-8,13-14H,1-2H3/b4-3+. The Balaban J connectivity index is 2.99. The number of allylic oxidation sites excluding steroid dienone is 1. The zero-order valence-corrected chi connectivity index (χ0v) is 10.3. The van der Waals surface area contributed by atoms with Crippen molar-refractivity contribution in [2.24, 2.45) is 0 Å². The molecule has 0 saturated carbocycles. The maximum Gasteiger partial charge on any atom is 0.394 e. The van der Waals surface area contributed by atoms with E-state index in [1.54, 1.807) is 31.4 Å². The lowest BCUT2D eigenvalue weighted by atomic mass is 10.1. The van der Waals surface area contributed by atoms with E-state index in [1.165, 1.54) is 13.0 Å². The first kappa shape index (κ1) is 14.0. The molecule has 1 rings (SSSR count). The Kier molecular flexibility index (Phi) is 5.66. The zero-order chi connectivity index (χ0) is 13.4. The summed E-state index contributed by atoms with van der Waals surface area (Å²) in [6.45, 7) is 1.33. The third-order valence-corrected chi connectivity index (χ3v) is 2.03. The first-order valence-electron chi connectivity index (χ1n) is 5.34. The van der Waals surface area contributed by atoms with Crippen LogP contribution in [0.15, 0.2) is 24.3 Å². The van der Waals surface area contributed by atoms with E-state index in [0.717, 1.165) is 5.56 Å². The van der Waals surface area contributed by atoms with Gasteiger partial charge < -0.3 is 14.6 Å². The molecule has 0 aliphatic carbocycles. The molecule has 0 spiro atoms. The number of hydrogen-bond donors (Lipinski definition) is 1. The lowest BCUT2D eigenvalue weighted by molar-refractivity contribution is -0.131. The van der Waals surface area contributed by atoms with Gasteiger partial charge in [0.05, 0.1) is 5.69 Å². The van der Waals surface area contributed by atoms with Crippen LogP contribution in [-0.2, 0) is 14.2 Å². The van der Waals surface area contributed by atoms with Gasteiger partial charge in [-0.1, -0.05) is 12.1 Å². The number of rotatable bonds is 6. The smallest absolute Gasteiger partial charge is 0.394 e. The van der Waals surface area contributed by atoms with Crippen molar-refractivity contribution < 1.29 is 19.0 Å². The Morgan fingerprint density at radius 1 is 1.44 bits per heavy atom. The van der Waals surface area contributed by atoms with Gasteiger partial charge >= 0.3 is 13.6 Å². The summed E-state index contributed by atoms with van der Waals surface area (Å²) in [5, 5.41) is 2.96. The SMILES string of the molecule is COBNc1ccc(/C=C/C=O)cc1OC(C)=O. The number of hydrogen-bond acceptors (Lipinski definition) is 5. The molecule has 5 nitrogen and oxygen atoms in total. The summed E-state index contributed by atoms with van der Waals surface area (Å²) in [7, 11) is 1.86. The predicted octanol–water partition coefficient (Wildman–Crippen LogP) is 1.15. The summed E-state index contributed by atoms with van der Waals surface area (Å²) in [5.74, 6) is -0.0143. The highest BCUT2D eigenvalue weighted by atomic mass is 16.5. The largest absolute Gasteiger partial charge is 0.425 e. The molecule has 0 heterocycles. The highest BCUT2D eigenvalue weighted by Gasteiger charge is 2.07. The Hall–Kier alpha value is -2.08. The maximum absolute atomic E-state index is 11.0. The van der Waals surface area contributed by atoms with Gasteiger partial charge in [-0.2, -0.15) is 0 Å². The van der Waals surface area contributed by atoms with Crippen molar-refractivity contribution >= 4 is 31.6 Å². The van der Waals surface area contributed by atoms with Crippen molar-refractivity contribution in [2.45, 2.75) is 6.92 Å². The molecule has 0 unspecified atom stereocenters. The second-order valence-corrected chi connectivity index (χ2v) is 3.45. The van der Waals surface area contributed by atoms with Crippen molar-refractivity contribution in [2.75, 3.05) is 12.3 Å². The fraction of sp³-hybridized carbons (Fsp3) is 0.167. The van der Waals surface area contributed by atoms with E-state index >= 15 is 0 Å². The van der Waals surface area contributed by atoms with Gasteiger partial charge in [-0.3, -0.25) is 9.59 Å². The summed E-state index contributed by atoms with van der Waals surface area (Å²) < 4.78 is 9.97. The second-order valence-electron chi connectivity index (χ2n) is 3.45. The average molecular weight is 247 g/mol. The molecule has 0 saturated heterocycles. The molecular formula is C12H14BNO4. The van der Waals surface area contributed by atoms with Crippen LogP contribution in [0.5, 0.6) is 5.75 Å². The van der Waals surface area contributed by atoms with Gasteiger partial charge in [0, 0.05) is 14.0 Å². The summed E-state index contributed by atoms with van der Waals surface area (Å²) in [4.78, 5) is 21.3. The molecule has 1 aromatic carbocycles. The normalized spacial score (nSPS) is 10.1. The monoisotopic (exact) mass is 247 g/mol. The molecule has 94 valence electrons. The lowest BCUT2D eigenvalue weighted by Crippen LogP contribution is -2.11. The lowest BCUT2D eigenvalue weighted by Gasteiger charge is -2.10. The number of benzene rings is 1. The van der Waals surface area contributed by atoms with Crippen LogP contribution in [0.3, 0.4) is 0 Å². The number of carbonyl (C=O) groups is 2. The van der Waals surface area contributed by atoms with Crippen LogP contribution in [0.25, 0.3) is 6.08 Å². The van der Waals surface area contributed by atoms with E-state index in [4.69, 9.17) is 9.39 Å². The summed E-state index contributed by atoms with van der Waals surface area (Å²) >= 11 is 0. The summed E-state index contributed by atoms with van der Waals surface area (Å²) in [6, 6.07) is 5.21. The minimum Gasteiger partial charge on any atom is -0.425 e. The molecule has 1 aromatic rings. The number of aldehydes is 1. The number of nitrogens with one attached hydrogen (secondary N) is 1. The molecule has 0 atom stereocenters. The Morgan fingerprint density at radius 3 is 2.83 bits per heavy atom. The topological polar surface area (TPSA) is 64.6 Å². The van der Waals surface area contributed by atoms with Crippen LogP contribution >= 0.6 is 0 Å². The quantitative estimate of drug-likeness (QED) is 0.268. The first-order valence-corrected chi connectivity index (χ1v) is 5.34. The number of ether oxygens (including phenoxy) is 1. The molecule has 18 heavy (non-hydrogen) atoms. The summed E-state index contributed by atoms with van der Waals surface area (Å²) in [6.07, 6.45) is 3.68. The number of anilines is 1. The van der Waals surface area contributed by atoms with Gasteiger partial charge in [0.25, 0.3) is 0 Å². The van der Waals surface area contributed by atoms with E-state index in [-0.39, 0.29) is 0 Å². The van der Waals surface area contributed by atoms with Crippen molar-refractivity contribution in [3.05, 3.63) is 29.8 Å². The Morgan fingerprint density at radius 2 is 2.22 bits per heavy atom. The van der Waals surface area contributed by atoms with E-state index in [0.29, 0.717) is 25.3 Å². The molecular weight excluding hydrogens is 233 g/mol. The highest BCUT2D eigenvalue weighted by molar-refractivity contribution is 6.32. The molecule has 0 bridgehead atoms.